The Hall–Kier alpha value is -2.29. The standard InChI is InChI=1S/C25H33N5O.HI/c1-20-7-5-10-23(17-20)28-13-15-29(16-14-28)25(26-2)27-12-6-11-24(31)30-18-21-8-3-4-9-22(21)19-30;/h3-5,7-10,17H,6,11-16,18-19H2,1-2H3,(H,26,27);1H. The Kier molecular flexibility index (Phi) is 8.78. The lowest BCUT2D eigenvalue weighted by Crippen LogP contribution is -2.52. The number of carbonyl (C=O) groups excluding carboxylic acids is 1. The lowest BCUT2D eigenvalue weighted by molar-refractivity contribution is -0.131. The van der Waals surface area contributed by atoms with Gasteiger partial charge in [0.05, 0.1) is 0 Å². The molecule has 0 aromatic heterocycles. The van der Waals surface area contributed by atoms with Gasteiger partial charge in [-0.05, 0) is 42.2 Å². The van der Waals surface area contributed by atoms with Crippen LogP contribution in [-0.2, 0) is 17.9 Å². The Balaban J connectivity index is 0.00000289. The van der Waals surface area contributed by atoms with E-state index >= 15 is 0 Å². The summed E-state index contributed by atoms with van der Waals surface area (Å²) in [5, 5.41) is 3.45. The van der Waals surface area contributed by atoms with Gasteiger partial charge in [-0.3, -0.25) is 9.79 Å². The van der Waals surface area contributed by atoms with Crippen LogP contribution in [0.4, 0.5) is 5.69 Å². The molecule has 172 valence electrons. The summed E-state index contributed by atoms with van der Waals surface area (Å²) in [6, 6.07) is 17.0. The van der Waals surface area contributed by atoms with E-state index in [2.05, 4.69) is 63.4 Å². The quantitative estimate of drug-likeness (QED) is 0.269. The number of hydrogen-bond acceptors (Lipinski definition) is 3. The second-order valence-electron chi connectivity index (χ2n) is 8.41. The van der Waals surface area contributed by atoms with Gasteiger partial charge in [0.2, 0.25) is 5.91 Å². The van der Waals surface area contributed by atoms with Crippen molar-refractivity contribution in [1.29, 1.82) is 0 Å². The highest BCUT2D eigenvalue weighted by Crippen LogP contribution is 2.23. The summed E-state index contributed by atoms with van der Waals surface area (Å²) in [4.78, 5) is 23.7. The van der Waals surface area contributed by atoms with Crippen molar-refractivity contribution in [3.63, 3.8) is 0 Å². The van der Waals surface area contributed by atoms with E-state index in [4.69, 9.17) is 0 Å². The van der Waals surface area contributed by atoms with Gasteiger partial charge in [-0.25, -0.2) is 0 Å². The molecule has 0 saturated carbocycles. The van der Waals surface area contributed by atoms with Crippen molar-refractivity contribution in [3.05, 3.63) is 65.2 Å². The fourth-order valence-corrected chi connectivity index (χ4v) is 4.44. The molecule has 2 aromatic carbocycles. The summed E-state index contributed by atoms with van der Waals surface area (Å²) in [5.74, 6) is 1.17. The van der Waals surface area contributed by atoms with Crippen molar-refractivity contribution in [2.75, 3.05) is 44.7 Å². The zero-order valence-electron chi connectivity index (χ0n) is 19.1. The van der Waals surface area contributed by atoms with Gasteiger partial charge in [0.15, 0.2) is 5.96 Å². The first-order chi connectivity index (χ1) is 15.1. The number of anilines is 1. The second kappa shape index (κ2) is 11.5. The normalized spacial score (nSPS) is 15.9. The fourth-order valence-electron chi connectivity index (χ4n) is 4.44. The first kappa shape index (κ1) is 24.4. The number of guanidine groups is 1. The monoisotopic (exact) mass is 547 g/mol. The van der Waals surface area contributed by atoms with Crippen LogP contribution >= 0.6 is 24.0 Å². The fraction of sp³-hybridized carbons (Fsp3) is 0.440. The number of nitrogens with one attached hydrogen (secondary N) is 1. The molecule has 4 rings (SSSR count). The third-order valence-corrected chi connectivity index (χ3v) is 6.20. The smallest absolute Gasteiger partial charge is 0.223 e. The van der Waals surface area contributed by atoms with Gasteiger partial charge in [-0.1, -0.05) is 36.4 Å². The minimum Gasteiger partial charge on any atom is -0.368 e. The van der Waals surface area contributed by atoms with Gasteiger partial charge < -0.3 is 20.0 Å². The van der Waals surface area contributed by atoms with E-state index in [-0.39, 0.29) is 29.9 Å². The molecular formula is C25H34IN5O. The SMILES string of the molecule is CN=C(NCCCC(=O)N1Cc2ccccc2C1)N1CCN(c2cccc(C)c2)CC1.I. The summed E-state index contributed by atoms with van der Waals surface area (Å²) in [6.07, 6.45) is 1.38. The van der Waals surface area contributed by atoms with Crippen LogP contribution in [0.15, 0.2) is 53.5 Å². The van der Waals surface area contributed by atoms with E-state index in [1.54, 1.807) is 0 Å². The van der Waals surface area contributed by atoms with Crippen molar-refractivity contribution in [2.24, 2.45) is 4.99 Å². The molecule has 2 heterocycles. The number of aryl methyl sites for hydroxylation is 1. The average molecular weight is 547 g/mol. The molecule has 2 aromatic rings. The molecule has 0 aliphatic carbocycles. The van der Waals surface area contributed by atoms with E-state index in [1.165, 1.54) is 22.4 Å². The van der Waals surface area contributed by atoms with Crippen molar-refractivity contribution >= 4 is 41.5 Å². The number of aliphatic imine (C=N–C) groups is 1. The number of benzene rings is 2. The van der Waals surface area contributed by atoms with Crippen LogP contribution in [0.3, 0.4) is 0 Å². The number of amides is 1. The predicted octanol–water partition coefficient (Wildman–Crippen LogP) is 3.63. The number of halogens is 1. The molecule has 0 unspecified atom stereocenters. The van der Waals surface area contributed by atoms with Gasteiger partial charge in [0.1, 0.15) is 0 Å². The molecule has 2 aliphatic rings. The molecule has 7 heteroatoms. The van der Waals surface area contributed by atoms with Crippen LogP contribution in [0.25, 0.3) is 0 Å². The van der Waals surface area contributed by atoms with Gasteiger partial charge in [-0.15, -0.1) is 24.0 Å². The molecule has 6 nitrogen and oxygen atoms in total. The number of hydrogen-bond donors (Lipinski definition) is 1. The minimum atomic E-state index is 0. The lowest BCUT2D eigenvalue weighted by Gasteiger charge is -2.37. The highest BCUT2D eigenvalue weighted by atomic mass is 127. The Labute approximate surface area is 208 Å². The summed E-state index contributed by atoms with van der Waals surface area (Å²) < 4.78 is 0. The highest BCUT2D eigenvalue weighted by Gasteiger charge is 2.23. The third kappa shape index (κ3) is 5.94. The van der Waals surface area contributed by atoms with Crippen LogP contribution in [0.1, 0.15) is 29.5 Å². The van der Waals surface area contributed by atoms with Gasteiger partial charge in [0, 0.05) is 65.0 Å². The van der Waals surface area contributed by atoms with E-state index < -0.39 is 0 Å². The zero-order chi connectivity index (χ0) is 21.6. The first-order valence-electron chi connectivity index (χ1n) is 11.3. The minimum absolute atomic E-state index is 0. The van der Waals surface area contributed by atoms with Gasteiger partial charge >= 0.3 is 0 Å². The second-order valence-corrected chi connectivity index (χ2v) is 8.41. The number of piperazine rings is 1. The summed E-state index contributed by atoms with van der Waals surface area (Å²) in [5.41, 5.74) is 5.15. The predicted molar refractivity (Wildman–Crippen MR) is 142 cm³/mol. The maximum atomic E-state index is 12.6. The van der Waals surface area contributed by atoms with E-state index in [0.29, 0.717) is 6.42 Å². The van der Waals surface area contributed by atoms with Crippen LogP contribution < -0.4 is 10.2 Å². The lowest BCUT2D eigenvalue weighted by atomic mass is 10.1. The Morgan fingerprint density at radius 1 is 0.969 bits per heavy atom. The third-order valence-electron chi connectivity index (χ3n) is 6.20. The van der Waals surface area contributed by atoms with Crippen molar-refractivity contribution in [2.45, 2.75) is 32.9 Å². The van der Waals surface area contributed by atoms with Crippen LogP contribution in [0.5, 0.6) is 0 Å². The van der Waals surface area contributed by atoms with E-state index in [1.807, 2.05) is 24.1 Å². The molecule has 1 amide bonds. The van der Waals surface area contributed by atoms with Crippen molar-refractivity contribution in [3.8, 4) is 0 Å². The Bertz CT molecular complexity index is 914. The summed E-state index contributed by atoms with van der Waals surface area (Å²) in [7, 11) is 1.84. The average Bonchev–Trinajstić information content (AvgIpc) is 3.24. The molecular weight excluding hydrogens is 513 g/mol. The maximum absolute atomic E-state index is 12.6. The molecule has 0 radical (unpaired) electrons. The molecule has 32 heavy (non-hydrogen) atoms. The number of nitrogens with zero attached hydrogens (tertiary/aromatic N) is 4. The zero-order valence-corrected chi connectivity index (χ0v) is 21.4. The molecule has 0 bridgehead atoms. The Morgan fingerprint density at radius 3 is 2.28 bits per heavy atom. The number of rotatable bonds is 5. The van der Waals surface area contributed by atoms with Gasteiger partial charge in [-0.2, -0.15) is 0 Å². The maximum Gasteiger partial charge on any atom is 0.223 e. The summed E-state index contributed by atoms with van der Waals surface area (Å²) in [6.45, 7) is 8.24. The first-order valence-corrected chi connectivity index (χ1v) is 11.3. The van der Waals surface area contributed by atoms with Crippen LogP contribution in [0.2, 0.25) is 0 Å². The van der Waals surface area contributed by atoms with Gasteiger partial charge in [0.25, 0.3) is 0 Å². The molecule has 2 aliphatic heterocycles. The molecule has 0 spiro atoms. The Morgan fingerprint density at radius 2 is 1.66 bits per heavy atom. The topological polar surface area (TPSA) is 51.2 Å². The summed E-state index contributed by atoms with van der Waals surface area (Å²) >= 11 is 0. The van der Waals surface area contributed by atoms with Crippen molar-refractivity contribution < 1.29 is 4.79 Å². The number of fused-ring (bicyclic) bond motifs is 1. The van der Waals surface area contributed by atoms with Crippen LogP contribution in [0, 0.1) is 6.92 Å². The molecule has 0 atom stereocenters. The van der Waals surface area contributed by atoms with Crippen LogP contribution in [-0.4, -0.2) is 61.4 Å². The largest absolute Gasteiger partial charge is 0.368 e. The van der Waals surface area contributed by atoms with E-state index in [9.17, 15) is 4.79 Å². The van der Waals surface area contributed by atoms with E-state index in [0.717, 1.165) is 58.2 Å². The molecule has 1 saturated heterocycles. The molecule has 1 N–H and O–H groups in total. The number of carbonyl (C=O) groups is 1. The highest BCUT2D eigenvalue weighted by molar-refractivity contribution is 14.0. The van der Waals surface area contributed by atoms with Crippen molar-refractivity contribution in [1.82, 2.24) is 15.1 Å². The molecule has 1 fully saturated rings.